The molecule has 0 aliphatic carbocycles. The first-order valence-corrected chi connectivity index (χ1v) is 8.49. The lowest BCUT2D eigenvalue weighted by molar-refractivity contribution is -0.274. The molecule has 2 N–H and O–H groups in total. The molecule has 0 heterocycles. The summed E-state index contributed by atoms with van der Waals surface area (Å²) in [5.74, 6) is -1.12. The Kier molecular flexibility index (Phi) is 6.33. The highest BCUT2D eigenvalue weighted by atomic mass is 19.4. The number of nitrogens with one attached hydrogen (secondary N) is 2. The Morgan fingerprint density at radius 1 is 0.893 bits per heavy atom. The molecule has 28 heavy (non-hydrogen) atoms. The van der Waals surface area contributed by atoms with Gasteiger partial charge in [0.1, 0.15) is 5.75 Å². The number of halogens is 3. The van der Waals surface area contributed by atoms with Crippen LogP contribution in [0.5, 0.6) is 5.75 Å². The molecule has 2 aromatic carbocycles. The molecule has 0 aliphatic heterocycles. The normalized spacial score (nSPS) is 11.6. The van der Waals surface area contributed by atoms with Crippen molar-refractivity contribution in [3.8, 4) is 5.75 Å². The molecule has 8 heteroatoms. The molecule has 5 nitrogen and oxygen atoms in total. The van der Waals surface area contributed by atoms with E-state index in [-0.39, 0.29) is 34.9 Å². The highest BCUT2D eigenvalue weighted by molar-refractivity contribution is 5.98. The van der Waals surface area contributed by atoms with E-state index in [1.807, 2.05) is 20.8 Å². The molecule has 0 fully saturated rings. The van der Waals surface area contributed by atoms with Crippen molar-refractivity contribution in [2.24, 2.45) is 0 Å². The van der Waals surface area contributed by atoms with Gasteiger partial charge in [-0.05, 0) is 51.1 Å². The van der Waals surface area contributed by atoms with E-state index >= 15 is 0 Å². The summed E-state index contributed by atoms with van der Waals surface area (Å²) in [6, 6.07) is 11.5. The molecule has 2 amide bonds. The molecule has 0 unspecified atom stereocenters. The highest BCUT2D eigenvalue weighted by Crippen LogP contribution is 2.26. The number of carbonyl (C=O) groups excluding carboxylic acids is 2. The van der Waals surface area contributed by atoms with Crippen LogP contribution in [0, 0.1) is 0 Å². The second-order valence-electron chi connectivity index (χ2n) is 7.12. The summed E-state index contributed by atoms with van der Waals surface area (Å²) in [5, 5.41) is 5.35. The number of alkyl halides is 3. The fraction of sp³-hybridized carbons (Fsp3) is 0.300. The fourth-order valence-corrected chi connectivity index (χ4v) is 2.34. The van der Waals surface area contributed by atoms with Crippen molar-refractivity contribution in [3.05, 3.63) is 65.2 Å². The van der Waals surface area contributed by atoms with E-state index in [9.17, 15) is 22.8 Å². The van der Waals surface area contributed by atoms with Gasteiger partial charge in [-0.15, -0.1) is 13.2 Å². The largest absolute Gasteiger partial charge is 0.573 e. The summed E-state index contributed by atoms with van der Waals surface area (Å²) in [4.78, 5) is 24.3. The van der Waals surface area contributed by atoms with E-state index in [0.717, 1.165) is 0 Å². The number of amides is 2. The number of hydrogen-bond acceptors (Lipinski definition) is 3. The second-order valence-corrected chi connectivity index (χ2v) is 7.12. The van der Waals surface area contributed by atoms with Crippen molar-refractivity contribution < 1.29 is 27.5 Å². The molecule has 0 saturated carbocycles. The summed E-state index contributed by atoms with van der Waals surface area (Å²) >= 11 is 0. The number of carbonyl (C=O) groups is 2. The van der Waals surface area contributed by atoms with Gasteiger partial charge in [-0.25, -0.2) is 0 Å². The molecule has 0 aromatic heterocycles. The van der Waals surface area contributed by atoms with E-state index in [4.69, 9.17) is 0 Å². The molecule has 0 atom stereocenters. The summed E-state index contributed by atoms with van der Waals surface area (Å²) in [7, 11) is 0. The number of para-hydroxylation sites is 1. The monoisotopic (exact) mass is 394 g/mol. The first-order chi connectivity index (χ1) is 12.9. The van der Waals surface area contributed by atoms with E-state index in [2.05, 4.69) is 15.4 Å². The Morgan fingerprint density at radius 3 is 1.96 bits per heavy atom. The highest BCUT2D eigenvalue weighted by Gasteiger charge is 2.32. The standard InChI is InChI=1S/C20H21F3N2O3/c1-19(2,3)25-18(27)14-10-8-13(9-11-14)17(26)24-12-15-6-4-5-7-16(15)28-20(21,22)23/h4-11H,12H2,1-3H3,(H,24,26)(H,25,27). The summed E-state index contributed by atoms with van der Waals surface area (Å²) in [6.07, 6.45) is -4.82. The van der Waals surface area contributed by atoms with Gasteiger partial charge in [0, 0.05) is 28.8 Å². The zero-order valence-corrected chi connectivity index (χ0v) is 15.7. The molecule has 0 bridgehead atoms. The Morgan fingerprint density at radius 2 is 1.43 bits per heavy atom. The van der Waals surface area contributed by atoms with Gasteiger partial charge < -0.3 is 15.4 Å². The van der Waals surface area contributed by atoms with E-state index in [1.54, 1.807) is 6.07 Å². The van der Waals surface area contributed by atoms with Crippen LogP contribution in [0.25, 0.3) is 0 Å². The van der Waals surface area contributed by atoms with Crippen LogP contribution >= 0.6 is 0 Å². The quantitative estimate of drug-likeness (QED) is 0.804. The van der Waals surface area contributed by atoms with E-state index in [1.165, 1.54) is 42.5 Å². The molecule has 2 rings (SSSR count). The van der Waals surface area contributed by atoms with Gasteiger partial charge in [0.2, 0.25) is 0 Å². The topological polar surface area (TPSA) is 67.4 Å². The van der Waals surface area contributed by atoms with Gasteiger partial charge >= 0.3 is 6.36 Å². The van der Waals surface area contributed by atoms with Crippen LogP contribution in [0.4, 0.5) is 13.2 Å². The minimum Gasteiger partial charge on any atom is -0.405 e. The first kappa shape index (κ1) is 21.3. The maximum absolute atomic E-state index is 12.4. The minimum absolute atomic E-state index is 0.142. The van der Waals surface area contributed by atoms with Crippen molar-refractivity contribution in [1.29, 1.82) is 0 Å². The molecule has 0 radical (unpaired) electrons. The van der Waals surface area contributed by atoms with Crippen LogP contribution < -0.4 is 15.4 Å². The average Bonchev–Trinajstić information content (AvgIpc) is 2.58. The molecule has 0 aliphatic rings. The van der Waals surface area contributed by atoms with Gasteiger partial charge in [-0.2, -0.15) is 0 Å². The number of hydrogen-bond donors (Lipinski definition) is 2. The fourth-order valence-electron chi connectivity index (χ4n) is 2.34. The summed E-state index contributed by atoms with van der Waals surface area (Å²) in [5.41, 5.74) is 0.477. The van der Waals surface area contributed by atoms with Crippen LogP contribution in [0.15, 0.2) is 48.5 Å². The van der Waals surface area contributed by atoms with Crippen molar-refractivity contribution in [3.63, 3.8) is 0 Å². The Labute approximate surface area is 160 Å². The van der Waals surface area contributed by atoms with Crippen LogP contribution in [0.3, 0.4) is 0 Å². The van der Waals surface area contributed by atoms with Crippen molar-refractivity contribution in [1.82, 2.24) is 10.6 Å². The molecule has 0 spiro atoms. The molecule has 0 saturated heterocycles. The zero-order chi connectivity index (χ0) is 20.9. The average molecular weight is 394 g/mol. The third kappa shape index (κ3) is 6.61. The molecule has 150 valence electrons. The van der Waals surface area contributed by atoms with Crippen LogP contribution in [0.2, 0.25) is 0 Å². The summed E-state index contributed by atoms with van der Waals surface area (Å²) < 4.78 is 41.3. The Balaban J connectivity index is 2.02. The molecular weight excluding hydrogens is 373 g/mol. The smallest absolute Gasteiger partial charge is 0.405 e. The number of benzene rings is 2. The van der Waals surface area contributed by atoms with Crippen LogP contribution in [-0.2, 0) is 6.54 Å². The maximum Gasteiger partial charge on any atom is 0.573 e. The second kappa shape index (κ2) is 8.33. The number of ether oxygens (including phenoxy) is 1. The van der Waals surface area contributed by atoms with Crippen LogP contribution in [0.1, 0.15) is 47.1 Å². The predicted molar refractivity (Wildman–Crippen MR) is 98.0 cm³/mol. The lowest BCUT2D eigenvalue weighted by Crippen LogP contribution is -2.40. The maximum atomic E-state index is 12.4. The minimum atomic E-state index is -4.82. The van der Waals surface area contributed by atoms with Gasteiger partial charge in [0.05, 0.1) is 0 Å². The van der Waals surface area contributed by atoms with E-state index < -0.39 is 12.3 Å². The Bertz CT molecular complexity index is 841. The van der Waals surface area contributed by atoms with Gasteiger partial charge in [-0.3, -0.25) is 9.59 Å². The van der Waals surface area contributed by atoms with Gasteiger partial charge in [-0.1, -0.05) is 18.2 Å². The van der Waals surface area contributed by atoms with Crippen molar-refractivity contribution >= 4 is 11.8 Å². The summed E-state index contributed by atoms with van der Waals surface area (Å²) in [6.45, 7) is 5.42. The van der Waals surface area contributed by atoms with Crippen molar-refractivity contribution in [2.75, 3.05) is 0 Å². The lowest BCUT2D eigenvalue weighted by atomic mass is 10.1. The number of rotatable bonds is 5. The third-order valence-corrected chi connectivity index (χ3v) is 3.54. The first-order valence-electron chi connectivity index (χ1n) is 8.49. The van der Waals surface area contributed by atoms with Gasteiger partial charge in [0.25, 0.3) is 11.8 Å². The molecular formula is C20H21F3N2O3. The van der Waals surface area contributed by atoms with Gasteiger partial charge in [0.15, 0.2) is 0 Å². The van der Waals surface area contributed by atoms with Crippen molar-refractivity contribution in [2.45, 2.75) is 39.2 Å². The lowest BCUT2D eigenvalue weighted by Gasteiger charge is -2.20. The zero-order valence-electron chi connectivity index (χ0n) is 15.7. The SMILES string of the molecule is CC(C)(C)NC(=O)c1ccc(C(=O)NCc2ccccc2OC(F)(F)F)cc1. The third-order valence-electron chi connectivity index (χ3n) is 3.54. The Hall–Kier alpha value is -3.03. The predicted octanol–water partition coefficient (Wildman–Crippen LogP) is 4.04. The van der Waals surface area contributed by atoms with E-state index in [0.29, 0.717) is 5.56 Å². The molecule has 2 aromatic rings. The van der Waals surface area contributed by atoms with Crippen LogP contribution in [-0.4, -0.2) is 23.7 Å².